The van der Waals surface area contributed by atoms with E-state index in [2.05, 4.69) is 4.36 Å². The second kappa shape index (κ2) is 3.86. The third-order valence-corrected chi connectivity index (χ3v) is 2.19. The zero-order valence-electron chi connectivity index (χ0n) is 7.68. The number of hydrogen-bond donors (Lipinski definition) is 0. The molecule has 0 aliphatic heterocycles. The first-order valence-electron chi connectivity index (χ1n) is 4.11. The maximum absolute atomic E-state index is 13.2. The van der Waals surface area contributed by atoms with Crippen molar-refractivity contribution >= 4 is 27.4 Å². The number of furan rings is 1. The second-order valence-corrected chi connectivity index (χ2v) is 3.49. The molecule has 0 bridgehead atoms. The van der Waals surface area contributed by atoms with E-state index in [1.54, 1.807) is 0 Å². The van der Waals surface area contributed by atoms with Gasteiger partial charge in [0.15, 0.2) is 5.76 Å². The van der Waals surface area contributed by atoms with Gasteiger partial charge < -0.3 is 4.42 Å². The Morgan fingerprint density at radius 2 is 2.12 bits per heavy atom. The number of rotatable bonds is 1. The number of carbonyl (C=O) groups is 1. The van der Waals surface area contributed by atoms with Crippen LogP contribution in [-0.4, -0.2) is 14.3 Å². The molecule has 0 saturated carbocycles. The molecule has 5 nitrogen and oxygen atoms in total. The van der Waals surface area contributed by atoms with Gasteiger partial charge in [0.25, 0.3) is 0 Å². The van der Waals surface area contributed by atoms with Crippen LogP contribution in [0.1, 0.15) is 10.6 Å². The van der Waals surface area contributed by atoms with Crippen LogP contribution in [0.3, 0.4) is 0 Å². The number of nitrogens with zero attached hydrogens (tertiary/aromatic N) is 1. The molecule has 2 rings (SSSR count). The SMILES string of the molecule is O=C(N=S(=O)=O)c1cc2c(F)cccc2o1. The van der Waals surface area contributed by atoms with Crippen LogP contribution < -0.4 is 0 Å². The highest BCUT2D eigenvalue weighted by atomic mass is 32.2. The molecule has 0 N–H and O–H groups in total. The van der Waals surface area contributed by atoms with Crippen LogP contribution in [0.4, 0.5) is 4.39 Å². The summed E-state index contributed by atoms with van der Waals surface area (Å²) in [5, 5.41) is 0.109. The van der Waals surface area contributed by atoms with Crippen LogP contribution >= 0.6 is 0 Å². The molecule has 1 heterocycles. The van der Waals surface area contributed by atoms with Gasteiger partial charge in [-0.2, -0.15) is 8.42 Å². The Labute approximate surface area is 90.2 Å². The van der Waals surface area contributed by atoms with E-state index in [1.165, 1.54) is 18.2 Å². The fourth-order valence-electron chi connectivity index (χ4n) is 1.24. The van der Waals surface area contributed by atoms with Crippen molar-refractivity contribution in [3.63, 3.8) is 0 Å². The van der Waals surface area contributed by atoms with Gasteiger partial charge in [0.2, 0.25) is 0 Å². The van der Waals surface area contributed by atoms with Crippen molar-refractivity contribution < 1.29 is 22.0 Å². The maximum Gasteiger partial charge on any atom is 0.327 e. The molecule has 0 aliphatic carbocycles. The van der Waals surface area contributed by atoms with Crippen LogP contribution in [0.5, 0.6) is 0 Å². The van der Waals surface area contributed by atoms with E-state index in [-0.39, 0.29) is 16.7 Å². The standard InChI is InChI=1S/C9H4FNO4S/c10-6-2-1-3-7-5(6)4-8(15-7)9(12)11-16(13)14/h1-4H. The van der Waals surface area contributed by atoms with Gasteiger partial charge in [-0.3, -0.25) is 4.79 Å². The molecule has 0 aliphatic rings. The Kier molecular flexibility index (Phi) is 2.53. The Morgan fingerprint density at radius 3 is 2.75 bits per heavy atom. The monoisotopic (exact) mass is 241 g/mol. The normalized spacial score (nSPS) is 10.3. The summed E-state index contributed by atoms with van der Waals surface area (Å²) in [6.45, 7) is 0. The predicted octanol–water partition coefficient (Wildman–Crippen LogP) is 1.77. The van der Waals surface area contributed by atoms with E-state index >= 15 is 0 Å². The molecule has 0 fully saturated rings. The number of benzene rings is 1. The number of amides is 1. The predicted molar refractivity (Wildman–Crippen MR) is 51.9 cm³/mol. The molecular weight excluding hydrogens is 237 g/mol. The highest BCUT2D eigenvalue weighted by molar-refractivity contribution is 7.62. The summed E-state index contributed by atoms with van der Waals surface area (Å²) in [6.07, 6.45) is 0. The van der Waals surface area contributed by atoms with E-state index in [1.807, 2.05) is 0 Å². The Bertz CT molecular complexity index is 693. The fourth-order valence-corrected chi connectivity index (χ4v) is 1.47. The summed E-state index contributed by atoms with van der Waals surface area (Å²) in [4.78, 5) is 11.2. The molecular formula is C9H4FNO4S. The summed E-state index contributed by atoms with van der Waals surface area (Å²) < 4.78 is 41.2. The summed E-state index contributed by atoms with van der Waals surface area (Å²) >= 11 is 0. The van der Waals surface area contributed by atoms with Crippen molar-refractivity contribution in [2.24, 2.45) is 4.36 Å². The van der Waals surface area contributed by atoms with E-state index in [9.17, 15) is 17.6 Å². The maximum atomic E-state index is 13.2. The molecule has 1 aromatic carbocycles. The molecule has 0 saturated heterocycles. The second-order valence-electron chi connectivity index (χ2n) is 2.88. The van der Waals surface area contributed by atoms with E-state index in [0.717, 1.165) is 6.07 Å². The van der Waals surface area contributed by atoms with Gasteiger partial charge in [0.1, 0.15) is 11.4 Å². The summed E-state index contributed by atoms with van der Waals surface area (Å²) in [5.41, 5.74) is 0.162. The minimum Gasteiger partial charge on any atom is -0.451 e. The molecule has 0 spiro atoms. The number of halogens is 1. The van der Waals surface area contributed by atoms with Gasteiger partial charge in [-0.15, -0.1) is 0 Å². The molecule has 2 aromatic rings. The zero-order chi connectivity index (χ0) is 11.7. The zero-order valence-corrected chi connectivity index (χ0v) is 8.49. The van der Waals surface area contributed by atoms with Gasteiger partial charge in [-0.25, -0.2) is 4.39 Å². The Morgan fingerprint density at radius 1 is 1.38 bits per heavy atom. The van der Waals surface area contributed by atoms with E-state index < -0.39 is 22.2 Å². The van der Waals surface area contributed by atoms with E-state index in [4.69, 9.17) is 4.42 Å². The van der Waals surface area contributed by atoms with Gasteiger partial charge in [0.05, 0.1) is 5.39 Å². The Balaban J connectivity index is 2.60. The highest BCUT2D eigenvalue weighted by Gasteiger charge is 2.13. The van der Waals surface area contributed by atoms with Crippen molar-refractivity contribution in [2.45, 2.75) is 0 Å². The number of fused-ring (bicyclic) bond motifs is 1. The van der Waals surface area contributed by atoms with Gasteiger partial charge in [-0.1, -0.05) is 10.4 Å². The lowest BCUT2D eigenvalue weighted by atomic mass is 10.2. The summed E-state index contributed by atoms with van der Waals surface area (Å²) in [5.74, 6) is -1.93. The smallest absolute Gasteiger partial charge is 0.327 e. The third kappa shape index (κ3) is 1.84. The van der Waals surface area contributed by atoms with Gasteiger partial charge in [0, 0.05) is 6.07 Å². The quantitative estimate of drug-likeness (QED) is 0.762. The number of carbonyl (C=O) groups excluding carboxylic acids is 1. The average molecular weight is 241 g/mol. The van der Waals surface area contributed by atoms with Crippen LogP contribution in [-0.2, 0) is 10.5 Å². The first kappa shape index (κ1) is 10.5. The van der Waals surface area contributed by atoms with Gasteiger partial charge >= 0.3 is 16.4 Å². The Hall–Kier alpha value is -2.02. The van der Waals surface area contributed by atoms with E-state index in [0.29, 0.717) is 0 Å². The van der Waals surface area contributed by atoms with Crippen molar-refractivity contribution in [1.82, 2.24) is 0 Å². The molecule has 0 unspecified atom stereocenters. The van der Waals surface area contributed by atoms with Crippen LogP contribution in [0.25, 0.3) is 11.0 Å². The molecule has 7 heteroatoms. The lowest BCUT2D eigenvalue weighted by molar-refractivity contribution is 0.0981. The van der Waals surface area contributed by atoms with Crippen molar-refractivity contribution in [1.29, 1.82) is 0 Å². The summed E-state index contributed by atoms with van der Waals surface area (Å²) in [6, 6.07) is 5.19. The third-order valence-electron chi connectivity index (χ3n) is 1.88. The fraction of sp³-hybridized carbons (Fsp3) is 0. The minimum atomic E-state index is -2.85. The van der Waals surface area contributed by atoms with Gasteiger partial charge in [-0.05, 0) is 12.1 Å². The largest absolute Gasteiger partial charge is 0.451 e. The topological polar surface area (TPSA) is 76.7 Å². The first-order chi connectivity index (χ1) is 7.58. The molecule has 1 aromatic heterocycles. The first-order valence-corrected chi connectivity index (χ1v) is 5.14. The lowest BCUT2D eigenvalue weighted by Crippen LogP contribution is -1.90. The molecule has 1 amide bonds. The van der Waals surface area contributed by atoms with Crippen LogP contribution in [0.15, 0.2) is 33.0 Å². The van der Waals surface area contributed by atoms with Crippen LogP contribution in [0.2, 0.25) is 0 Å². The number of hydrogen-bond acceptors (Lipinski definition) is 4. The molecule has 16 heavy (non-hydrogen) atoms. The average Bonchev–Trinajstić information content (AvgIpc) is 2.61. The highest BCUT2D eigenvalue weighted by Crippen LogP contribution is 2.22. The molecule has 0 radical (unpaired) electrons. The van der Waals surface area contributed by atoms with Crippen molar-refractivity contribution in [3.8, 4) is 0 Å². The van der Waals surface area contributed by atoms with Crippen molar-refractivity contribution in [3.05, 3.63) is 35.8 Å². The minimum absolute atomic E-state index is 0.109. The summed E-state index contributed by atoms with van der Waals surface area (Å²) in [7, 11) is -2.85. The van der Waals surface area contributed by atoms with Crippen molar-refractivity contribution in [2.75, 3.05) is 0 Å². The van der Waals surface area contributed by atoms with Crippen LogP contribution in [0, 0.1) is 5.82 Å². The molecule has 0 atom stereocenters. The lowest BCUT2D eigenvalue weighted by Gasteiger charge is -1.87. The molecule has 82 valence electrons.